The van der Waals surface area contributed by atoms with Crippen LogP contribution in [0.4, 0.5) is 0 Å². The van der Waals surface area contributed by atoms with Crippen LogP contribution in [0.1, 0.15) is 51.9 Å². The number of nitrogens with one attached hydrogen (secondary N) is 1. The molecule has 2 rings (SSSR count). The highest BCUT2D eigenvalue weighted by Crippen LogP contribution is 2.27. The van der Waals surface area contributed by atoms with Gasteiger partial charge in [-0.25, -0.2) is 0 Å². The molecule has 0 unspecified atom stereocenters. The van der Waals surface area contributed by atoms with Crippen LogP contribution in [0.5, 0.6) is 0 Å². The molecule has 0 aromatic carbocycles. The van der Waals surface area contributed by atoms with Crippen LogP contribution < -0.4 is 5.32 Å². The van der Waals surface area contributed by atoms with Crippen molar-refractivity contribution in [3.8, 4) is 0 Å². The van der Waals surface area contributed by atoms with Crippen LogP contribution in [-0.2, 0) is 0 Å². The average molecular weight is 197 g/mol. The van der Waals surface area contributed by atoms with E-state index in [1.807, 2.05) is 0 Å². The molecule has 0 aromatic heterocycles. The summed E-state index contributed by atoms with van der Waals surface area (Å²) in [5.41, 5.74) is 0. The Bertz CT molecular complexity index is 183. The van der Waals surface area contributed by atoms with Crippen LogP contribution in [0.3, 0.4) is 0 Å². The van der Waals surface area contributed by atoms with E-state index in [1.165, 1.54) is 38.5 Å². The van der Waals surface area contributed by atoms with Gasteiger partial charge in [-0.15, -0.1) is 0 Å². The molecule has 0 radical (unpaired) electrons. The first-order chi connectivity index (χ1) is 6.77. The molecule has 4 atom stereocenters. The van der Waals surface area contributed by atoms with Gasteiger partial charge in [0.1, 0.15) is 0 Å². The molecule has 82 valence electrons. The van der Waals surface area contributed by atoms with Crippen molar-refractivity contribution in [1.82, 2.24) is 5.32 Å². The van der Waals surface area contributed by atoms with Gasteiger partial charge in [0, 0.05) is 12.1 Å². The first kappa shape index (κ1) is 10.4. The van der Waals surface area contributed by atoms with Gasteiger partial charge in [0.25, 0.3) is 0 Å². The van der Waals surface area contributed by atoms with E-state index in [2.05, 4.69) is 12.2 Å². The fourth-order valence-electron chi connectivity index (χ4n) is 2.97. The predicted octanol–water partition coefficient (Wildman–Crippen LogP) is 2.07. The zero-order valence-corrected chi connectivity index (χ0v) is 9.21. The summed E-state index contributed by atoms with van der Waals surface area (Å²) in [7, 11) is 0. The molecular formula is C12H23NO. The smallest absolute Gasteiger partial charge is 0.0693 e. The van der Waals surface area contributed by atoms with E-state index in [-0.39, 0.29) is 6.10 Å². The summed E-state index contributed by atoms with van der Waals surface area (Å²) in [6.07, 6.45) is 8.61. The summed E-state index contributed by atoms with van der Waals surface area (Å²) in [6, 6.07) is 1.06. The van der Waals surface area contributed by atoms with Gasteiger partial charge in [-0.3, -0.25) is 0 Å². The molecular weight excluding hydrogens is 174 g/mol. The van der Waals surface area contributed by atoms with E-state index in [0.29, 0.717) is 12.1 Å². The molecule has 0 aliphatic heterocycles. The number of hydrogen-bond acceptors (Lipinski definition) is 2. The van der Waals surface area contributed by atoms with Crippen LogP contribution in [-0.4, -0.2) is 23.3 Å². The fourth-order valence-corrected chi connectivity index (χ4v) is 2.97. The lowest BCUT2D eigenvalue weighted by Gasteiger charge is -2.32. The van der Waals surface area contributed by atoms with Gasteiger partial charge in [-0.05, 0) is 31.6 Å². The summed E-state index contributed by atoms with van der Waals surface area (Å²) in [5, 5.41) is 13.5. The van der Waals surface area contributed by atoms with Gasteiger partial charge >= 0.3 is 0 Å². The minimum atomic E-state index is -0.0865. The van der Waals surface area contributed by atoms with Crippen LogP contribution in [0.25, 0.3) is 0 Å². The molecule has 0 spiro atoms. The number of aliphatic hydroxyl groups excluding tert-OH is 1. The molecule has 2 aliphatic rings. The Balaban J connectivity index is 1.83. The van der Waals surface area contributed by atoms with Gasteiger partial charge in [0.05, 0.1) is 6.10 Å². The van der Waals surface area contributed by atoms with Gasteiger partial charge in [0.2, 0.25) is 0 Å². The first-order valence-electron chi connectivity index (χ1n) is 6.21. The Hall–Kier alpha value is -0.0800. The van der Waals surface area contributed by atoms with Crippen molar-refractivity contribution < 1.29 is 5.11 Å². The molecule has 2 nitrogen and oxygen atoms in total. The quantitative estimate of drug-likeness (QED) is 0.710. The van der Waals surface area contributed by atoms with E-state index >= 15 is 0 Å². The van der Waals surface area contributed by atoms with E-state index in [0.717, 1.165) is 12.3 Å². The molecule has 2 saturated carbocycles. The lowest BCUT2D eigenvalue weighted by molar-refractivity contribution is 0.0823. The SMILES string of the molecule is C[C@@H]1CCC[C@@H]1N[C@@H]1CCCC[C@H]1O. The van der Waals surface area contributed by atoms with Crippen molar-refractivity contribution in [3.63, 3.8) is 0 Å². The largest absolute Gasteiger partial charge is 0.392 e. The fraction of sp³-hybridized carbons (Fsp3) is 1.00. The topological polar surface area (TPSA) is 32.3 Å². The summed E-state index contributed by atoms with van der Waals surface area (Å²) >= 11 is 0. The number of aliphatic hydroxyl groups is 1. The molecule has 2 N–H and O–H groups in total. The standard InChI is InChI=1S/C12H23NO/c1-9-5-4-7-10(9)13-11-6-2-3-8-12(11)14/h9-14H,2-8H2,1H3/t9-,10+,11-,12-/m1/s1. The van der Waals surface area contributed by atoms with Crippen LogP contribution in [0.2, 0.25) is 0 Å². The lowest BCUT2D eigenvalue weighted by atomic mass is 9.91. The second-order valence-electron chi connectivity index (χ2n) is 5.14. The maximum atomic E-state index is 9.85. The minimum absolute atomic E-state index is 0.0865. The molecule has 14 heavy (non-hydrogen) atoms. The summed E-state index contributed by atoms with van der Waals surface area (Å²) in [4.78, 5) is 0. The third-order valence-electron chi connectivity index (χ3n) is 4.02. The molecule has 0 aromatic rings. The highest BCUT2D eigenvalue weighted by Gasteiger charge is 2.29. The molecule has 0 saturated heterocycles. The zero-order chi connectivity index (χ0) is 9.97. The highest BCUT2D eigenvalue weighted by molar-refractivity contribution is 4.88. The van der Waals surface area contributed by atoms with Crippen molar-refractivity contribution in [2.75, 3.05) is 0 Å². The second-order valence-corrected chi connectivity index (χ2v) is 5.14. The summed E-state index contributed by atoms with van der Waals surface area (Å²) < 4.78 is 0. The zero-order valence-electron chi connectivity index (χ0n) is 9.21. The highest BCUT2D eigenvalue weighted by atomic mass is 16.3. The van der Waals surface area contributed by atoms with E-state index in [1.54, 1.807) is 0 Å². The van der Waals surface area contributed by atoms with E-state index in [4.69, 9.17) is 0 Å². The first-order valence-corrected chi connectivity index (χ1v) is 6.21. The number of rotatable bonds is 2. The normalized spacial score (nSPS) is 44.1. The van der Waals surface area contributed by atoms with Crippen molar-refractivity contribution in [2.24, 2.45) is 5.92 Å². The molecule has 2 aliphatic carbocycles. The maximum Gasteiger partial charge on any atom is 0.0693 e. The number of hydrogen-bond donors (Lipinski definition) is 2. The Labute approximate surface area is 87.1 Å². The van der Waals surface area contributed by atoms with Crippen molar-refractivity contribution in [1.29, 1.82) is 0 Å². The maximum absolute atomic E-state index is 9.85. The van der Waals surface area contributed by atoms with Crippen LogP contribution in [0.15, 0.2) is 0 Å². The van der Waals surface area contributed by atoms with Crippen LogP contribution >= 0.6 is 0 Å². The van der Waals surface area contributed by atoms with Gasteiger partial charge in [-0.2, -0.15) is 0 Å². The minimum Gasteiger partial charge on any atom is -0.392 e. The van der Waals surface area contributed by atoms with Crippen molar-refractivity contribution in [2.45, 2.75) is 70.1 Å². The lowest BCUT2D eigenvalue weighted by Crippen LogP contribution is -2.47. The summed E-state index contributed by atoms with van der Waals surface area (Å²) in [5.74, 6) is 0.809. The Morgan fingerprint density at radius 3 is 2.29 bits per heavy atom. The molecule has 2 fully saturated rings. The molecule has 2 heteroatoms. The van der Waals surface area contributed by atoms with Gasteiger partial charge in [-0.1, -0.05) is 26.2 Å². The third-order valence-corrected chi connectivity index (χ3v) is 4.02. The average Bonchev–Trinajstić information content (AvgIpc) is 2.56. The van der Waals surface area contributed by atoms with Crippen molar-refractivity contribution >= 4 is 0 Å². The Kier molecular flexibility index (Phi) is 3.45. The van der Waals surface area contributed by atoms with Crippen LogP contribution in [0, 0.1) is 5.92 Å². The molecule has 0 bridgehead atoms. The van der Waals surface area contributed by atoms with Gasteiger partial charge in [0.15, 0.2) is 0 Å². The Morgan fingerprint density at radius 2 is 1.64 bits per heavy atom. The second kappa shape index (κ2) is 4.63. The molecule has 0 amide bonds. The summed E-state index contributed by atoms with van der Waals surface area (Å²) in [6.45, 7) is 2.33. The van der Waals surface area contributed by atoms with E-state index < -0.39 is 0 Å². The predicted molar refractivity (Wildman–Crippen MR) is 58.2 cm³/mol. The molecule has 0 heterocycles. The monoisotopic (exact) mass is 197 g/mol. The van der Waals surface area contributed by atoms with E-state index in [9.17, 15) is 5.11 Å². The van der Waals surface area contributed by atoms with Gasteiger partial charge < -0.3 is 10.4 Å². The Morgan fingerprint density at radius 1 is 0.929 bits per heavy atom. The van der Waals surface area contributed by atoms with Crippen molar-refractivity contribution in [3.05, 3.63) is 0 Å². The third kappa shape index (κ3) is 2.29.